The zero-order chi connectivity index (χ0) is 11.8. The Labute approximate surface area is 98.4 Å². The standard InChI is InChI=1S/C13H13NO3/c15-14(16)9-6-7-13-11(8-9)10-4-2-1-3-5-12(10)17-13/h6-8H,1-5H2. The Morgan fingerprint density at radius 3 is 2.82 bits per heavy atom. The van der Waals surface area contributed by atoms with E-state index in [4.69, 9.17) is 4.42 Å². The van der Waals surface area contributed by atoms with E-state index in [1.807, 2.05) is 0 Å². The van der Waals surface area contributed by atoms with Gasteiger partial charge in [0.25, 0.3) is 5.69 Å². The van der Waals surface area contributed by atoms with Crippen molar-refractivity contribution in [3.63, 3.8) is 0 Å². The lowest BCUT2D eigenvalue weighted by Gasteiger charge is -1.96. The molecule has 1 aliphatic carbocycles. The molecular formula is C13H13NO3. The van der Waals surface area contributed by atoms with Gasteiger partial charge in [-0.25, -0.2) is 0 Å². The molecule has 0 bridgehead atoms. The van der Waals surface area contributed by atoms with Crippen LogP contribution in [0.1, 0.15) is 30.6 Å². The van der Waals surface area contributed by atoms with Crippen LogP contribution in [-0.2, 0) is 12.8 Å². The number of nitro benzene ring substituents is 1. The number of rotatable bonds is 1. The second kappa shape index (κ2) is 3.87. The largest absolute Gasteiger partial charge is 0.461 e. The Bertz CT molecular complexity index is 586. The van der Waals surface area contributed by atoms with Gasteiger partial charge in [-0.1, -0.05) is 6.42 Å². The fourth-order valence-electron chi connectivity index (χ4n) is 2.54. The molecule has 4 heteroatoms. The average Bonchev–Trinajstić information content (AvgIpc) is 2.51. The van der Waals surface area contributed by atoms with Crippen molar-refractivity contribution in [3.05, 3.63) is 39.6 Å². The van der Waals surface area contributed by atoms with E-state index in [-0.39, 0.29) is 10.6 Å². The molecule has 0 saturated heterocycles. The molecule has 1 aromatic carbocycles. The number of aryl methyl sites for hydroxylation is 2. The summed E-state index contributed by atoms with van der Waals surface area (Å²) >= 11 is 0. The first-order chi connectivity index (χ1) is 8.25. The SMILES string of the molecule is O=[N+]([O-])c1ccc2oc3c(c2c1)CCCCC3. The number of furan rings is 1. The molecule has 0 spiro atoms. The molecule has 0 atom stereocenters. The third-order valence-electron chi connectivity index (χ3n) is 3.40. The van der Waals surface area contributed by atoms with Crippen molar-refractivity contribution in [2.24, 2.45) is 0 Å². The van der Waals surface area contributed by atoms with Crippen LogP contribution < -0.4 is 0 Å². The number of nitrogens with zero attached hydrogens (tertiary/aromatic N) is 1. The van der Waals surface area contributed by atoms with Crippen molar-refractivity contribution in [2.45, 2.75) is 32.1 Å². The fraction of sp³-hybridized carbons (Fsp3) is 0.385. The maximum Gasteiger partial charge on any atom is 0.270 e. The maximum atomic E-state index is 10.8. The fourth-order valence-corrected chi connectivity index (χ4v) is 2.54. The zero-order valence-corrected chi connectivity index (χ0v) is 9.44. The van der Waals surface area contributed by atoms with Gasteiger partial charge in [0.1, 0.15) is 11.3 Å². The van der Waals surface area contributed by atoms with Gasteiger partial charge in [0.2, 0.25) is 0 Å². The second-order valence-corrected chi connectivity index (χ2v) is 4.50. The minimum absolute atomic E-state index is 0.144. The van der Waals surface area contributed by atoms with E-state index in [0.717, 1.165) is 42.4 Å². The quantitative estimate of drug-likeness (QED) is 0.428. The molecule has 0 fully saturated rings. The molecule has 0 amide bonds. The van der Waals surface area contributed by atoms with Crippen molar-refractivity contribution in [2.75, 3.05) is 0 Å². The van der Waals surface area contributed by atoms with Gasteiger partial charge < -0.3 is 4.42 Å². The van der Waals surface area contributed by atoms with Crippen LogP contribution in [0.5, 0.6) is 0 Å². The number of benzene rings is 1. The van der Waals surface area contributed by atoms with E-state index in [1.54, 1.807) is 12.1 Å². The first-order valence-corrected chi connectivity index (χ1v) is 5.94. The van der Waals surface area contributed by atoms with E-state index in [0.29, 0.717) is 0 Å². The van der Waals surface area contributed by atoms with Crippen LogP contribution in [0.4, 0.5) is 5.69 Å². The van der Waals surface area contributed by atoms with Crippen LogP contribution in [0.3, 0.4) is 0 Å². The van der Waals surface area contributed by atoms with Crippen molar-refractivity contribution in [1.82, 2.24) is 0 Å². The van der Waals surface area contributed by atoms with Crippen LogP contribution in [0, 0.1) is 10.1 Å². The maximum absolute atomic E-state index is 10.8. The van der Waals surface area contributed by atoms with E-state index in [1.165, 1.54) is 18.1 Å². The Morgan fingerprint density at radius 1 is 1.18 bits per heavy atom. The van der Waals surface area contributed by atoms with Crippen LogP contribution in [0.15, 0.2) is 22.6 Å². The predicted octanol–water partition coefficient (Wildman–Crippen LogP) is 3.61. The molecule has 1 aromatic heterocycles. The molecule has 0 radical (unpaired) electrons. The summed E-state index contributed by atoms with van der Waals surface area (Å²) in [6.45, 7) is 0. The summed E-state index contributed by atoms with van der Waals surface area (Å²) in [6, 6.07) is 4.86. The van der Waals surface area contributed by atoms with E-state index >= 15 is 0 Å². The molecule has 3 rings (SSSR count). The van der Waals surface area contributed by atoms with Crippen LogP contribution in [0.25, 0.3) is 11.0 Å². The number of non-ortho nitro benzene ring substituents is 1. The normalized spacial score (nSPS) is 15.5. The number of hydrogen-bond acceptors (Lipinski definition) is 3. The molecule has 1 aliphatic rings. The highest BCUT2D eigenvalue weighted by Crippen LogP contribution is 2.33. The number of fused-ring (bicyclic) bond motifs is 3. The molecule has 88 valence electrons. The Balaban J connectivity index is 2.20. The van der Waals surface area contributed by atoms with Gasteiger partial charge in [0.15, 0.2) is 0 Å². The zero-order valence-electron chi connectivity index (χ0n) is 9.44. The van der Waals surface area contributed by atoms with E-state index in [2.05, 4.69) is 0 Å². The Hall–Kier alpha value is -1.84. The third-order valence-corrected chi connectivity index (χ3v) is 3.40. The lowest BCUT2D eigenvalue weighted by molar-refractivity contribution is -0.384. The summed E-state index contributed by atoms with van der Waals surface area (Å²) in [5.74, 6) is 1.03. The second-order valence-electron chi connectivity index (χ2n) is 4.50. The molecule has 4 nitrogen and oxygen atoms in total. The first-order valence-electron chi connectivity index (χ1n) is 5.94. The lowest BCUT2D eigenvalue weighted by Crippen LogP contribution is -1.88. The number of hydrogen-bond donors (Lipinski definition) is 0. The minimum atomic E-state index is -0.352. The number of nitro groups is 1. The highest BCUT2D eigenvalue weighted by molar-refractivity contribution is 5.84. The minimum Gasteiger partial charge on any atom is -0.461 e. The van der Waals surface area contributed by atoms with Gasteiger partial charge in [0, 0.05) is 29.5 Å². The molecular weight excluding hydrogens is 218 g/mol. The van der Waals surface area contributed by atoms with Crippen LogP contribution in [-0.4, -0.2) is 4.92 Å². The summed E-state index contributed by atoms with van der Waals surface area (Å²) in [5, 5.41) is 11.7. The monoisotopic (exact) mass is 231 g/mol. The van der Waals surface area contributed by atoms with E-state index in [9.17, 15) is 10.1 Å². The molecule has 0 N–H and O–H groups in total. The lowest BCUT2D eigenvalue weighted by atomic mass is 10.1. The average molecular weight is 231 g/mol. The highest BCUT2D eigenvalue weighted by atomic mass is 16.6. The molecule has 2 aromatic rings. The van der Waals surface area contributed by atoms with Gasteiger partial charge in [-0.15, -0.1) is 0 Å². The van der Waals surface area contributed by atoms with Gasteiger partial charge in [-0.3, -0.25) is 10.1 Å². The molecule has 0 aliphatic heterocycles. The molecule has 1 heterocycles. The van der Waals surface area contributed by atoms with Crippen LogP contribution in [0.2, 0.25) is 0 Å². The smallest absolute Gasteiger partial charge is 0.270 e. The van der Waals surface area contributed by atoms with Crippen molar-refractivity contribution >= 4 is 16.7 Å². The van der Waals surface area contributed by atoms with Crippen molar-refractivity contribution < 1.29 is 9.34 Å². The topological polar surface area (TPSA) is 56.3 Å². The van der Waals surface area contributed by atoms with Crippen molar-refractivity contribution in [3.8, 4) is 0 Å². The Kier molecular flexibility index (Phi) is 2.35. The van der Waals surface area contributed by atoms with Gasteiger partial charge in [-0.2, -0.15) is 0 Å². The third kappa shape index (κ3) is 1.69. The summed E-state index contributed by atoms with van der Waals surface area (Å²) in [7, 11) is 0. The van der Waals surface area contributed by atoms with Gasteiger partial charge in [0.05, 0.1) is 4.92 Å². The Morgan fingerprint density at radius 2 is 2.00 bits per heavy atom. The summed E-state index contributed by atoms with van der Waals surface area (Å²) < 4.78 is 5.78. The first kappa shape index (κ1) is 10.3. The highest BCUT2D eigenvalue weighted by Gasteiger charge is 2.18. The summed E-state index contributed by atoms with van der Waals surface area (Å²) in [5.41, 5.74) is 2.11. The van der Waals surface area contributed by atoms with Crippen LogP contribution >= 0.6 is 0 Å². The predicted molar refractivity (Wildman–Crippen MR) is 64.1 cm³/mol. The van der Waals surface area contributed by atoms with E-state index < -0.39 is 0 Å². The summed E-state index contributed by atoms with van der Waals surface area (Å²) in [4.78, 5) is 10.4. The van der Waals surface area contributed by atoms with Gasteiger partial charge in [-0.05, 0) is 25.3 Å². The molecule has 0 saturated carbocycles. The molecule has 0 unspecified atom stereocenters. The molecule has 17 heavy (non-hydrogen) atoms. The summed E-state index contributed by atoms with van der Waals surface area (Å²) in [6.07, 6.45) is 5.43. The van der Waals surface area contributed by atoms with Gasteiger partial charge >= 0.3 is 0 Å². The van der Waals surface area contributed by atoms with Crippen molar-refractivity contribution in [1.29, 1.82) is 0 Å².